The summed E-state index contributed by atoms with van der Waals surface area (Å²) in [5.74, 6) is -1.10. The van der Waals surface area contributed by atoms with Crippen LogP contribution in [0.25, 0.3) is 0 Å². The molecule has 2 heterocycles. The molecule has 0 radical (unpaired) electrons. The summed E-state index contributed by atoms with van der Waals surface area (Å²) in [6.07, 6.45) is -0.516. The molecule has 1 fully saturated rings. The largest absolute Gasteiger partial charge is 0.514 e. The number of likely N-dealkylation sites (N-methyl/N-ethyl adjacent to an activating group) is 1. The number of esters is 2. The van der Waals surface area contributed by atoms with E-state index in [-0.39, 0.29) is 29.7 Å². The second-order valence-electron chi connectivity index (χ2n) is 16.1. The molecular formula is C35H48N2O11. The highest BCUT2D eigenvalue weighted by Crippen LogP contribution is 2.65. The fourth-order valence-corrected chi connectivity index (χ4v) is 7.22. The number of nitrogens with zero attached hydrogens (tertiary/aromatic N) is 1. The standard InChI is InChI=1S/C35H48N2O11/c1-31(2,3)46-28(39)20(36-29(40)47-32(4,5)6)18-24(38)43-22-13-14-35(42)23-17-19-11-12-21(44-30(41)48-33(7,8)9)26-25(19)34(35,27(22)45-26)15-16-37(23)10/h11-13,20,23,27,42H,14-18H2,1-10H3,(H,36,40)/t20?,23-,27+,34+,35-/m1/s1. The first-order chi connectivity index (χ1) is 22.0. The number of hydrogen-bond donors (Lipinski definition) is 2. The van der Waals surface area contributed by atoms with E-state index in [0.717, 1.165) is 11.1 Å². The maximum absolute atomic E-state index is 13.6. The van der Waals surface area contributed by atoms with E-state index in [1.807, 2.05) is 13.1 Å². The lowest BCUT2D eigenvalue weighted by Crippen LogP contribution is -2.74. The van der Waals surface area contributed by atoms with E-state index in [4.69, 9.17) is 28.4 Å². The van der Waals surface area contributed by atoms with Crippen molar-refractivity contribution in [3.8, 4) is 11.5 Å². The molecule has 1 spiro atoms. The number of nitrogens with one attached hydrogen (secondary N) is 1. The van der Waals surface area contributed by atoms with Crippen LogP contribution in [0.5, 0.6) is 11.5 Å². The maximum Gasteiger partial charge on any atom is 0.514 e. The number of carbonyl (C=O) groups excluding carboxylic acids is 4. The zero-order valence-electron chi connectivity index (χ0n) is 29.5. The van der Waals surface area contributed by atoms with Crippen molar-refractivity contribution in [2.75, 3.05) is 13.6 Å². The highest BCUT2D eigenvalue weighted by Gasteiger charge is 2.72. The molecule has 1 unspecified atom stereocenters. The van der Waals surface area contributed by atoms with Crippen molar-refractivity contribution in [2.45, 2.75) is 134 Å². The van der Waals surface area contributed by atoms with Gasteiger partial charge in [-0.15, -0.1) is 0 Å². The van der Waals surface area contributed by atoms with Crippen LogP contribution in [0.1, 0.15) is 92.7 Å². The topological polar surface area (TPSA) is 159 Å². The van der Waals surface area contributed by atoms with Gasteiger partial charge in [-0.1, -0.05) is 6.07 Å². The molecule has 2 aliphatic heterocycles. The summed E-state index contributed by atoms with van der Waals surface area (Å²) >= 11 is 0. The molecule has 13 heteroatoms. The Hall–Kier alpha value is -3.84. The van der Waals surface area contributed by atoms with Crippen LogP contribution in [0.3, 0.4) is 0 Å². The Bertz CT molecular complexity index is 1530. The lowest BCUT2D eigenvalue weighted by molar-refractivity contribution is -0.170. The third-order valence-electron chi connectivity index (χ3n) is 8.91. The fraction of sp³-hybridized carbons (Fsp3) is 0.657. The number of benzene rings is 1. The number of aliphatic hydroxyl groups is 1. The third-order valence-corrected chi connectivity index (χ3v) is 8.91. The number of amides is 1. The van der Waals surface area contributed by atoms with Crippen molar-refractivity contribution < 1.29 is 52.7 Å². The highest BCUT2D eigenvalue weighted by atomic mass is 16.7. The van der Waals surface area contributed by atoms with Crippen LogP contribution >= 0.6 is 0 Å². The van der Waals surface area contributed by atoms with Gasteiger partial charge >= 0.3 is 24.2 Å². The average Bonchev–Trinajstić information content (AvgIpc) is 3.26. The summed E-state index contributed by atoms with van der Waals surface area (Å²) in [6.45, 7) is 15.8. The Labute approximate surface area is 281 Å². The smallest absolute Gasteiger partial charge is 0.477 e. The first-order valence-corrected chi connectivity index (χ1v) is 16.3. The van der Waals surface area contributed by atoms with E-state index >= 15 is 0 Å². The van der Waals surface area contributed by atoms with Crippen LogP contribution in [0.2, 0.25) is 0 Å². The van der Waals surface area contributed by atoms with Gasteiger partial charge in [-0.2, -0.15) is 0 Å². The van der Waals surface area contributed by atoms with Crippen molar-refractivity contribution in [1.82, 2.24) is 10.2 Å². The number of hydrogen-bond acceptors (Lipinski definition) is 12. The molecule has 0 aromatic heterocycles. The number of carbonyl (C=O) groups is 4. The Morgan fingerprint density at radius 2 is 1.62 bits per heavy atom. The van der Waals surface area contributed by atoms with Crippen molar-refractivity contribution in [3.05, 3.63) is 35.1 Å². The van der Waals surface area contributed by atoms with Crippen LogP contribution in [-0.2, 0) is 40.4 Å². The second-order valence-corrected chi connectivity index (χ2v) is 16.1. The highest BCUT2D eigenvalue weighted by molar-refractivity contribution is 5.87. The monoisotopic (exact) mass is 672 g/mol. The van der Waals surface area contributed by atoms with Crippen LogP contribution in [0, 0.1) is 0 Å². The second kappa shape index (κ2) is 11.9. The number of piperidine rings is 1. The van der Waals surface area contributed by atoms with E-state index in [1.54, 1.807) is 74.5 Å². The van der Waals surface area contributed by atoms with Gasteiger partial charge in [0.05, 0.1) is 17.4 Å². The number of rotatable bonds is 6. The van der Waals surface area contributed by atoms with Gasteiger partial charge in [-0.3, -0.25) is 4.79 Å². The van der Waals surface area contributed by atoms with Gasteiger partial charge in [-0.25, -0.2) is 14.4 Å². The first-order valence-electron chi connectivity index (χ1n) is 16.3. The average molecular weight is 673 g/mol. The van der Waals surface area contributed by atoms with Crippen molar-refractivity contribution in [1.29, 1.82) is 0 Å². The van der Waals surface area contributed by atoms with E-state index in [1.165, 1.54) is 0 Å². The zero-order valence-corrected chi connectivity index (χ0v) is 29.5. The third kappa shape index (κ3) is 6.71. The normalized spacial score (nSPS) is 26.6. The van der Waals surface area contributed by atoms with Gasteiger partial charge < -0.3 is 43.7 Å². The lowest BCUT2D eigenvalue weighted by Gasteiger charge is -2.61. The molecule has 4 aliphatic rings. The summed E-state index contributed by atoms with van der Waals surface area (Å²) in [4.78, 5) is 54.1. The van der Waals surface area contributed by atoms with E-state index in [2.05, 4.69) is 10.2 Å². The van der Waals surface area contributed by atoms with E-state index in [0.29, 0.717) is 19.4 Å². The molecule has 1 aromatic rings. The predicted octanol–water partition coefficient (Wildman–Crippen LogP) is 4.45. The first kappa shape index (κ1) is 35.5. The maximum atomic E-state index is 13.6. The quantitative estimate of drug-likeness (QED) is 0.249. The van der Waals surface area contributed by atoms with E-state index < -0.39 is 70.6 Å². The molecule has 48 heavy (non-hydrogen) atoms. The molecule has 2 aliphatic carbocycles. The Kier molecular flexibility index (Phi) is 8.82. The van der Waals surface area contributed by atoms with Crippen molar-refractivity contribution in [2.24, 2.45) is 0 Å². The molecule has 13 nitrogen and oxygen atoms in total. The van der Waals surface area contributed by atoms with Gasteiger partial charge in [0.1, 0.15) is 28.6 Å². The molecule has 1 saturated heterocycles. The summed E-state index contributed by atoms with van der Waals surface area (Å²) in [5.41, 5.74) is -3.19. The van der Waals surface area contributed by atoms with Crippen LogP contribution in [0.15, 0.2) is 24.0 Å². The molecule has 2 bridgehead atoms. The van der Waals surface area contributed by atoms with Crippen LogP contribution in [-0.4, -0.2) is 88.4 Å². The summed E-state index contributed by atoms with van der Waals surface area (Å²) in [6, 6.07) is 1.86. The number of ether oxygens (including phenoxy) is 6. The lowest BCUT2D eigenvalue weighted by atomic mass is 9.50. The van der Waals surface area contributed by atoms with Crippen LogP contribution in [0.4, 0.5) is 9.59 Å². The fourth-order valence-electron chi connectivity index (χ4n) is 7.22. The summed E-state index contributed by atoms with van der Waals surface area (Å²) in [7, 11) is 1.97. The van der Waals surface area contributed by atoms with Gasteiger partial charge in [0, 0.05) is 18.0 Å². The Morgan fingerprint density at radius 3 is 2.25 bits per heavy atom. The predicted molar refractivity (Wildman–Crippen MR) is 171 cm³/mol. The minimum atomic E-state index is -1.41. The molecule has 2 N–H and O–H groups in total. The SMILES string of the molecule is CN1CC[C@]23c4c5ccc(OC(=O)OC(C)(C)C)c4O[C@H]2C(OC(=O)CC(NC(=O)OC(C)(C)C)C(=O)OC(C)(C)C)=CC[C@@]3(O)[C@H]1C5. The molecule has 1 amide bonds. The van der Waals surface area contributed by atoms with Gasteiger partial charge in [0.25, 0.3) is 0 Å². The van der Waals surface area contributed by atoms with Gasteiger partial charge in [0.15, 0.2) is 17.6 Å². The minimum Gasteiger partial charge on any atom is -0.477 e. The van der Waals surface area contributed by atoms with Crippen molar-refractivity contribution in [3.63, 3.8) is 0 Å². The van der Waals surface area contributed by atoms with Gasteiger partial charge in [0.2, 0.25) is 0 Å². The summed E-state index contributed by atoms with van der Waals surface area (Å²) in [5, 5.41) is 15.0. The van der Waals surface area contributed by atoms with Gasteiger partial charge in [-0.05, 0) is 106 Å². The molecule has 264 valence electrons. The number of alkyl carbamates (subject to hydrolysis) is 1. The molecule has 0 saturated carbocycles. The molecule has 5 atom stereocenters. The van der Waals surface area contributed by atoms with Crippen LogP contribution < -0.4 is 14.8 Å². The summed E-state index contributed by atoms with van der Waals surface area (Å²) < 4.78 is 34.3. The molecular weight excluding hydrogens is 624 g/mol. The number of likely N-dealkylation sites (tertiary alicyclic amines) is 1. The zero-order chi connectivity index (χ0) is 35.6. The molecule has 5 rings (SSSR count). The van der Waals surface area contributed by atoms with Crippen molar-refractivity contribution >= 4 is 24.2 Å². The Morgan fingerprint density at radius 1 is 0.979 bits per heavy atom. The Balaban J connectivity index is 1.45. The molecule has 1 aromatic carbocycles. The van der Waals surface area contributed by atoms with E-state index in [9.17, 15) is 24.3 Å². The minimum absolute atomic E-state index is 0.128.